The van der Waals surface area contributed by atoms with E-state index < -0.39 is 12.6 Å². The Balaban J connectivity index is 1.70. The van der Waals surface area contributed by atoms with Crippen molar-refractivity contribution in [1.29, 1.82) is 0 Å². The largest absolute Gasteiger partial charge is 0.494 e. The van der Waals surface area contributed by atoms with Gasteiger partial charge in [0.25, 0.3) is 0 Å². The summed E-state index contributed by atoms with van der Waals surface area (Å²) in [6.45, 7) is 7.14. The van der Waals surface area contributed by atoms with Crippen molar-refractivity contribution in [1.82, 2.24) is 0 Å². The van der Waals surface area contributed by atoms with E-state index in [0.717, 1.165) is 22.9 Å². The van der Waals surface area contributed by atoms with Crippen LogP contribution in [-0.2, 0) is 19.1 Å². The number of hydrogen-bond donors (Lipinski definition) is 1. The molecule has 2 rings (SSSR count). The first-order valence-corrected chi connectivity index (χ1v) is 11.7. The van der Waals surface area contributed by atoms with Crippen molar-refractivity contribution in [3.05, 3.63) is 79.1 Å². The first-order valence-electron chi connectivity index (χ1n) is 10.9. The summed E-state index contributed by atoms with van der Waals surface area (Å²) in [5, 5.41) is 8.70. The van der Waals surface area contributed by atoms with E-state index in [1.165, 1.54) is 0 Å². The molecule has 0 radical (unpaired) electrons. The average Bonchev–Trinajstić information content (AvgIpc) is 2.87. The molecule has 0 amide bonds. The molecule has 1 N–H and O–H groups in total. The van der Waals surface area contributed by atoms with Gasteiger partial charge in [-0.3, -0.25) is 9.59 Å². The number of ether oxygens (including phenoxy) is 4. The second-order valence-corrected chi connectivity index (χ2v) is 8.14. The molecule has 186 valence electrons. The maximum atomic E-state index is 12.5. The minimum absolute atomic E-state index is 0.00785. The molecule has 2 aromatic carbocycles. The molecule has 0 aromatic heterocycles. The van der Waals surface area contributed by atoms with Gasteiger partial charge in [-0.15, -0.1) is 0 Å². The van der Waals surface area contributed by atoms with Crippen LogP contribution in [0, 0.1) is 0 Å². The van der Waals surface area contributed by atoms with Crippen molar-refractivity contribution >= 4 is 28.8 Å². The molecule has 0 saturated heterocycles. The summed E-state index contributed by atoms with van der Waals surface area (Å²) < 4.78 is 20.7. The number of aliphatic hydroxyl groups is 1. The fourth-order valence-electron chi connectivity index (χ4n) is 2.60. The third kappa shape index (κ3) is 10.5. The number of hydrogen-bond acceptors (Lipinski definition) is 9. The van der Waals surface area contributed by atoms with E-state index in [0.29, 0.717) is 43.1 Å². The molecule has 0 saturated carbocycles. The van der Waals surface area contributed by atoms with E-state index in [9.17, 15) is 14.4 Å². The predicted octanol–water partition coefficient (Wildman–Crippen LogP) is 4.33. The Morgan fingerprint density at radius 2 is 1.49 bits per heavy atom. The van der Waals surface area contributed by atoms with Gasteiger partial charge in [0.2, 0.25) is 5.12 Å². The lowest BCUT2D eigenvalue weighted by Gasteiger charge is -2.08. The summed E-state index contributed by atoms with van der Waals surface area (Å²) in [5.74, 6) is 0.265. The topological polar surface area (TPSA) is 108 Å². The van der Waals surface area contributed by atoms with Gasteiger partial charge in [0, 0.05) is 23.3 Å². The molecular weight excluding hydrogens is 472 g/mol. The van der Waals surface area contributed by atoms with E-state index in [1.54, 1.807) is 48.5 Å². The molecule has 0 bridgehead atoms. The van der Waals surface area contributed by atoms with Gasteiger partial charge < -0.3 is 24.1 Å². The van der Waals surface area contributed by atoms with Crippen LogP contribution in [0.4, 0.5) is 0 Å². The maximum absolute atomic E-state index is 12.5. The van der Waals surface area contributed by atoms with Gasteiger partial charge in [0.15, 0.2) is 0 Å². The molecule has 0 spiro atoms. The molecule has 35 heavy (non-hydrogen) atoms. The zero-order valence-electron chi connectivity index (χ0n) is 19.3. The zero-order chi connectivity index (χ0) is 25.5. The molecule has 2 aromatic rings. The number of thioether (sulfide) groups is 1. The maximum Gasteiger partial charge on any atom is 0.335 e. The second kappa shape index (κ2) is 15.4. The van der Waals surface area contributed by atoms with E-state index in [2.05, 4.69) is 17.9 Å². The molecular formula is C26H28O8S. The third-order valence-corrected chi connectivity index (χ3v) is 5.33. The van der Waals surface area contributed by atoms with Crippen molar-refractivity contribution in [2.24, 2.45) is 0 Å². The quantitative estimate of drug-likeness (QED) is 0.126. The van der Waals surface area contributed by atoms with Crippen LogP contribution in [0.1, 0.15) is 29.6 Å². The lowest BCUT2D eigenvalue weighted by Crippen LogP contribution is -2.12. The van der Waals surface area contributed by atoms with Crippen LogP contribution in [0.3, 0.4) is 0 Å². The van der Waals surface area contributed by atoms with Crippen molar-refractivity contribution in [2.75, 3.05) is 26.4 Å². The molecule has 0 heterocycles. The number of rotatable bonds is 15. The molecule has 0 aliphatic rings. The molecule has 0 unspecified atom stereocenters. The van der Waals surface area contributed by atoms with Crippen LogP contribution < -0.4 is 9.47 Å². The van der Waals surface area contributed by atoms with Gasteiger partial charge >= 0.3 is 11.9 Å². The Morgan fingerprint density at radius 1 is 0.886 bits per heavy atom. The Morgan fingerprint density at radius 3 is 2.09 bits per heavy atom. The standard InChI is InChI=1S/C26H28O8S/c1-3-31-24(28)6-4-15-32-22-11-13-23(14-12-22)35-26(30)20-7-9-21(10-8-20)33-16-5-17-34-25(29)19(2)18-27/h3,7-14,27H,1-2,4-6,15-18H2. The van der Waals surface area contributed by atoms with Crippen LogP contribution in [0.15, 0.2) is 78.4 Å². The van der Waals surface area contributed by atoms with Crippen molar-refractivity contribution in [2.45, 2.75) is 24.2 Å². The first-order chi connectivity index (χ1) is 16.9. The number of carbonyl (C=O) groups is 3. The monoisotopic (exact) mass is 500 g/mol. The lowest BCUT2D eigenvalue weighted by atomic mass is 10.2. The van der Waals surface area contributed by atoms with Gasteiger partial charge in [-0.1, -0.05) is 13.2 Å². The summed E-state index contributed by atoms with van der Waals surface area (Å²) in [4.78, 5) is 35.9. The van der Waals surface area contributed by atoms with Gasteiger partial charge in [-0.05, 0) is 66.7 Å². The Hall–Kier alpha value is -3.56. The van der Waals surface area contributed by atoms with Crippen molar-refractivity contribution in [3.63, 3.8) is 0 Å². The number of carbonyl (C=O) groups excluding carboxylic acids is 3. The van der Waals surface area contributed by atoms with Crippen LogP contribution >= 0.6 is 11.8 Å². The fourth-order valence-corrected chi connectivity index (χ4v) is 3.34. The highest BCUT2D eigenvalue weighted by atomic mass is 32.2. The highest BCUT2D eigenvalue weighted by Crippen LogP contribution is 2.26. The third-order valence-electron chi connectivity index (χ3n) is 4.40. The lowest BCUT2D eigenvalue weighted by molar-refractivity contribution is -0.140. The van der Waals surface area contributed by atoms with Crippen LogP contribution in [0.2, 0.25) is 0 Å². The van der Waals surface area contributed by atoms with E-state index >= 15 is 0 Å². The second-order valence-electron chi connectivity index (χ2n) is 7.09. The number of aliphatic hydroxyl groups excluding tert-OH is 1. The zero-order valence-corrected chi connectivity index (χ0v) is 20.1. The van der Waals surface area contributed by atoms with Gasteiger partial charge in [-0.25, -0.2) is 4.79 Å². The summed E-state index contributed by atoms with van der Waals surface area (Å²) in [7, 11) is 0. The summed E-state index contributed by atoms with van der Waals surface area (Å²) in [5.41, 5.74) is 0.541. The van der Waals surface area contributed by atoms with Crippen LogP contribution in [0.5, 0.6) is 11.5 Å². The molecule has 0 fully saturated rings. The van der Waals surface area contributed by atoms with Crippen LogP contribution in [-0.4, -0.2) is 48.6 Å². The van der Waals surface area contributed by atoms with Crippen molar-refractivity contribution in [3.8, 4) is 11.5 Å². The predicted molar refractivity (Wildman–Crippen MR) is 131 cm³/mol. The summed E-state index contributed by atoms with van der Waals surface area (Å²) in [6.07, 6.45) is 2.35. The Kier molecular flexibility index (Phi) is 12.2. The molecule has 8 nitrogen and oxygen atoms in total. The minimum Gasteiger partial charge on any atom is -0.494 e. The molecule has 9 heteroatoms. The minimum atomic E-state index is -0.627. The SMILES string of the molecule is C=COC(=O)CCCOc1ccc(SC(=O)c2ccc(OCCCOC(=O)C(=C)CO)cc2)cc1. The highest BCUT2D eigenvalue weighted by molar-refractivity contribution is 8.14. The Bertz CT molecular complexity index is 999. The normalized spacial score (nSPS) is 10.2. The molecule has 0 atom stereocenters. The average molecular weight is 501 g/mol. The highest BCUT2D eigenvalue weighted by Gasteiger charge is 2.10. The fraction of sp³-hybridized carbons (Fsp3) is 0.269. The molecule has 0 aliphatic carbocycles. The van der Waals surface area contributed by atoms with E-state index in [1.807, 2.05) is 0 Å². The number of benzene rings is 2. The van der Waals surface area contributed by atoms with E-state index in [4.69, 9.17) is 19.3 Å². The van der Waals surface area contributed by atoms with Gasteiger partial charge in [-0.2, -0.15) is 0 Å². The summed E-state index contributed by atoms with van der Waals surface area (Å²) >= 11 is 1.10. The van der Waals surface area contributed by atoms with Crippen molar-refractivity contribution < 1.29 is 38.4 Å². The van der Waals surface area contributed by atoms with E-state index in [-0.39, 0.29) is 29.7 Å². The first kappa shape index (κ1) is 27.7. The van der Waals surface area contributed by atoms with Crippen LogP contribution in [0.25, 0.3) is 0 Å². The Labute approximate surface area is 208 Å². The summed E-state index contributed by atoms with van der Waals surface area (Å²) in [6, 6.07) is 13.9. The van der Waals surface area contributed by atoms with Gasteiger partial charge in [0.05, 0.1) is 38.3 Å². The molecule has 0 aliphatic heterocycles. The number of esters is 2. The smallest absolute Gasteiger partial charge is 0.335 e. The van der Waals surface area contributed by atoms with Gasteiger partial charge in [0.1, 0.15) is 11.5 Å².